The van der Waals surface area contributed by atoms with E-state index in [4.69, 9.17) is 0 Å². The number of carbonyl (C=O) groups excluding carboxylic acids is 3. The van der Waals surface area contributed by atoms with Crippen LogP contribution in [0.2, 0.25) is 0 Å². The molecule has 11 heteroatoms. The van der Waals surface area contributed by atoms with Crippen LogP contribution in [0, 0.1) is 0 Å². The summed E-state index contributed by atoms with van der Waals surface area (Å²) >= 11 is 1.13. The molecule has 0 spiro atoms. The summed E-state index contributed by atoms with van der Waals surface area (Å²) in [5.74, 6) is -1.23. The molecule has 172 valence electrons. The van der Waals surface area contributed by atoms with E-state index in [-0.39, 0.29) is 28.9 Å². The number of thiazole rings is 1. The molecule has 0 saturated heterocycles. The van der Waals surface area contributed by atoms with E-state index in [9.17, 15) is 27.6 Å². The van der Waals surface area contributed by atoms with Crippen LogP contribution in [0.25, 0.3) is 0 Å². The molecule has 1 heterocycles. The zero-order valence-corrected chi connectivity index (χ0v) is 18.4. The van der Waals surface area contributed by atoms with Gasteiger partial charge in [-0.1, -0.05) is 18.2 Å². The van der Waals surface area contributed by atoms with E-state index in [2.05, 4.69) is 20.9 Å². The van der Waals surface area contributed by atoms with Crippen molar-refractivity contribution in [3.63, 3.8) is 0 Å². The highest BCUT2D eigenvalue weighted by molar-refractivity contribution is 7.15. The van der Waals surface area contributed by atoms with E-state index in [1.54, 1.807) is 6.07 Å². The van der Waals surface area contributed by atoms with Crippen molar-refractivity contribution in [1.29, 1.82) is 0 Å². The highest BCUT2D eigenvalue weighted by Gasteiger charge is 2.30. The van der Waals surface area contributed by atoms with E-state index in [1.807, 2.05) is 0 Å². The summed E-state index contributed by atoms with van der Waals surface area (Å²) in [5, 5.41) is 8.00. The summed E-state index contributed by atoms with van der Waals surface area (Å²) < 4.78 is 38.7. The highest BCUT2D eigenvalue weighted by atomic mass is 32.1. The van der Waals surface area contributed by atoms with Crippen molar-refractivity contribution in [2.45, 2.75) is 26.4 Å². The number of nitrogens with one attached hydrogen (secondary N) is 3. The lowest BCUT2D eigenvalue weighted by molar-refractivity contribution is -0.137. The van der Waals surface area contributed by atoms with Gasteiger partial charge in [-0.15, -0.1) is 11.3 Å². The Hall–Kier alpha value is -3.73. The molecule has 3 aromatic rings. The van der Waals surface area contributed by atoms with Gasteiger partial charge < -0.3 is 10.6 Å². The summed E-state index contributed by atoms with van der Waals surface area (Å²) in [6, 6.07) is 9.41. The molecule has 0 radical (unpaired) electrons. The first kappa shape index (κ1) is 23.9. The summed E-state index contributed by atoms with van der Waals surface area (Å²) in [5.41, 5.74) is 0.549. The van der Waals surface area contributed by atoms with Gasteiger partial charge in [0.25, 0.3) is 5.91 Å². The van der Waals surface area contributed by atoms with Crippen molar-refractivity contribution < 1.29 is 27.6 Å². The number of aromatic nitrogens is 1. The summed E-state index contributed by atoms with van der Waals surface area (Å²) in [7, 11) is 0. The van der Waals surface area contributed by atoms with Crippen molar-refractivity contribution in [2.24, 2.45) is 0 Å². The van der Waals surface area contributed by atoms with Crippen LogP contribution in [0.3, 0.4) is 0 Å². The molecule has 0 aliphatic rings. The predicted octanol–water partition coefficient (Wildman–Crippen LogP) is 4.92. The third-order valence-corrected chi connectivity index (χ3v) is 5.16. The first-order chi connectivity index (χ1) is 15.5. The van der Waals surface area contributed by atoms with Crippen LogP contribution >= 0.6 is 11.3 Å². The molecule has 33 heavy (non-hydrogen) atoms. The van der Waals surface area contributed by atoms with Gasteiger partial charge in [0.05, 0.1) is 5.56 Å². The molecule has 0 aliphatic heterocycles. The Morgan fingerprint density at radius 3 is 2.15 bits per heavy atom. The molecule has 7 nitrogen and oxygen atoms in total. The quantitative estimate of drug-likeness (QED) is 0.470. The van der Waals surface area contributed by atoms with Crippen molar-refractivity contribution in [3.8, 4) is 0 Å². The molecule has 1 aromatic heterocycles. The number of rotatable bonds is 6. The van der Waals surface area contributed by atoms with Crippen LogP contribution in [0.1, 0.15) is 40.2 Å². The van der Waals surface area contributed by atoms with Gasteiger partial charge in [-0.05, 0) is 29.8 Å². The zero-order chi connectivity index (χ0) is 24.2. The Bertz CT molecular complexity index is 1170. The minimum Gasteiger partial charge on any atom is -0.326 e. The van der Waals surface area contributed by atoms with Gasteiger partial charge in [0.2, 0.25) is 11.8 Å². The van der Waals surface area contributed by atoms with Crippen LogP contribution in [0.4, 0.5) is 29.7 Å². The number of hydrogen-bond acceptors (Lipinski definition) is 5. The highest BCUT2D eigenvalue weighted by Crippen LogP contribution is 2.31. The Labute approximate surface area is 191 Å². The molecular formula is C22H19F3N4O3S. The molecule has 3 rings (SSSR count). The Balaban J connectivity index is 1.75. The third kappa shape index (κ3) is 6.88. The second-order valence-corrected chi connectivity index (χ2v) is 8.24. The second-order valence-electron chi connectivity index (χ2n) is 7.12. The van der Waals surface area contributed by atoms with E-state index in [1.165, 1.54) is 44.3 Å². The van der Waals surface area contributed by atoms with Gasteiger partial charge in [-0.25, -0.2) is 4.98 Å². The second kappa shape index (κ2) is 9.82. The summed E-state index contributed by atoms with van der Waals surface area (Å²) in [6.45, 7) is 2.62. The maximum Gasteiger partial charge on any atom is 0.416 e. The number of hydrogen-bond donors (Lipinski definition) is 3. The van der Waals surface area contributed by atoms with Gasteiger partial charge in [0.15, 0.2) is 5.13 Å². The molecule has 3 N–H and O–H groups in total. The number of nitrogens with zero attached hydrogens (tertiary/aromatic N) is 1. The van der Waals surface area contributed by atoms with Crippen molar-refractivity contribution in [2.75, 3.05) is 16.0 Å². The fraction of sp³-hybridized carbons (Fsp3) is 0.182. The average molecular weight is 476 g/mol. The minimum atomic E-state index is -4.43. The third-order valence-electron chi connectivity index (χ3n) is 4.24. The van der Waals surface area contributed by atoms with Gasteiger partial charge in [-0.2, -0.15) is 13.2 Å². The molecule has 0 unspecified atom stereocenters. The number of anilines is 3. The van der Waals surface area contributed by atoms with E-state index in [0.717, 1.165) is 23.5 Å². The molecule has 0 fully saturated rings. The van der Waals surface area contributed by atoms with Gasteiger partial charge in [-0.3, -0.25) is 19.7 Å². The van der Waals surface area contributed by atoms with E-state index < -0.39 is 17.6 Å². The fourth-order valence-electron chi connectivity index (χ4n) is 2.98. The normalized spacial score (nSPS) is 11.1. The lowest BCUT2D eigenvalue weighted by Crippen LogP contribution is -2.15. The predicted molar refractivity (Wildman–Crippen MR) is 119 cm³/mol. The Kier molecular flexibility index (Phi) is 7.12. The molecule has 2 aromatic carbocycles. The maximum absolute atomic E-state index is 12.9. The Morgan fingerprint density at radius 2 is 1.58 bits per heavy atom. The average Bonchev–Trinajstić information content (AvgIpc) is 3.13. The molecule has 0 saturated carbocycles. The number of alkyl halides is 3. The molecule has 0 aliphatic carbocycles. The zero-order valence-electron chi connectivity index (χ0n) is 17.5. The summed E-state index contributed by atoms with van der Waals surface area (Å²) in [4.78, 5) is 40.3. The first-order valence-corrected chi connectivity index (χ1v) is 10.4. The topological polar surface area (TPSA) is 100 Å². The van der Waals surface area contributed by atoms with Crippen LogP contribution in [0.5, 0.6) is 0 Å². The number of carbonyl (C=O) groups is 3. The van der Waals surface area contributed by atoms with Crippen LogP contribution in [0.15, 0.2) is 48.7 Å². The number of amides is 3. The van der Waals surface area contributed by atoms with E-state index >= 15 is 0 Å². The first-order valence-electron chi connectivity index (χ1n) is 9.62. The van der Waals surface area contributed by atoms with Gasteiger partial charge in [0, 0.05) is 48.3 Å². The minimum absolute atomic E-state index is 0.166. The van der Waals surface area contributed by atoms with Gasteiger partial charge >= 0.3 is 6.18 Å². The molecular weight excluding hydrogens is 457 g/mol. The largest absolute Gasteiger partial charge is 0.416 e. The smallest absolute Gasteiger partial charge is 0.326 e. The number of halogens is 3. The van der Waals surface area contributed by atoms with Crippen LogP contribution < -0.4 is 16.0 Å². The fourth-order valence-corrected chi connectivity index (χ4v) is 3.83. The standard InChI is InChI=1S/C22H19F3N4O3S/c1-12(30)27-17-8-15(9-18(10-17)28-13(2)31)20(32)29-21-26-11-19(33-21)7-14-4-3-5-16(6-14)22(23,24)25/h3-6,8-11H,7H2,1-2H3,(H,27,30)(H,28,31)(H,26,29,32). The maximum atomic E-state index is 12.9. The lowest BCUT2D eigenvalue weighted by atomic mass is 10.1. The van der Waals surface area contributed by atoms with Crippen LogP contribution in [-0.2, 0) is 22.2 Å². The monoisotopic (exact) mass is 476 g/mol. The van der Waals surface area contributed by atoms with Crippen molar-refractivity contribution in [1.82, 2.24) is 4.98 Å². The lowest BCUT2D eigenvalue weighted by Gasteiger charge is -2.10. The molecule has 0 bridgehead atoms. The Morgan fingerprint density at radius 1 is 0.939 bits per heavy atom. The number of benzene rings is 2. The van der Waals surface area contributed by atoms with E-state index in [0.29, 0.717) is 21.8 Å². The SMILES string of the molecule is CC(=O)Nc1cc(NC(C)=O)cc(C(=O)Nc2ncc(Cc3cccc(C(F)(F)F)c3)s2)c1. The molecule has 0 atom stereocenters. The summed E-state index contributed by atoms with van der Waals surface area (Å²) in [6.07, 6.45) is -2.72. The van der Waals surface area contributed by atoms with Crippen molar-refractivity contribution >= 4 is 45.6 Å². The van der Waals surface area contributed by atoms with Crippen LogP contribution in [-0.4, -0.2) is 22.7 Å². The molecule has 3 amide bonds. The van der Waals surface area contributed by atoms with Gasteiger partial charge in [0.1, 0.15) is 0 Å². The van der Waals surface area contributed by atoms with Crippen molar-refractivity contribution in [3.05, 3.63) is 70.2 Å².